The minimum atomic E-state index is -1.81. The zero-order valence-corrected chi connectivity index (χ0v) is 26.1. The predicted octanol–water partition coefficient (Wildman–Crippen LogP) is 4.74. The van der Waals surface area contributed by atoms with Gasteiger partial charge in [-0.05, 0) is 37.1 Å². The molecule has 0 amide bonds. The van der Waals surface area contributed by atoms with Crippen LogP contribution in [0.15, 0.2) is 35.1 Å². The Morgan fingerprint density at radius 1 is 1.21 bits per heavy atom. The first-order chi connectivity index (χ1) is 16.8. The van der Waals surface area contributed by atoms with E-state index < -0.39 is 28.1 Å². The van der Waals surface area contributed by atoms with Gasteiger partial charge in [0, 0.05) is 22.6 Å². The third-order valence-corrected chi connectivity index (χ3v) is 6.64. The number of esters is 1. The summed E-state index contributed by atoms with van der Waals surface area (Å²) in [6, 6.07) is 10.2. The van der Waals surface area contributed by atoms with Gasteiger partial charge in [-0.2, -0.15) is 0 Å². The van der Waals surface area contributed by atoms with Crippen LogP contribution < -0.4 is 23.2 Å². The standard InChI is InChI=1S/C25H27N3O4.3ClH.2H3N.Pt/c1-4-25(31)19-11-21-22-17(12-28(21)23(29)18(19)13-32-24(25)30)15(9-10-26-14(2)3)16-7-5-6-8-20(16)27-22;;;;;;/h5-8,11,14,26,31H,4,9-10,12-13H2,1-3H3;3*1H;2*1H3;/q;;;;;;+2/p-2/t25-;;;;;;/m0....../s1. The molecule has 0 bridgehead atoms. The van der Waals surface area contributed by atoms with E-state index in [0.717, 1.165) is 35.1 Å². The van der Waals surface area contributed by atoms with E-state index in [4.69, 9.17) is 28.6 Å². The second kappa shape index (κ2) is 14.2. The summed E-state index contributed by atoms with van der Waals surface area (Å²) in [4.78, 5) is 30.7. The second-order valence-electron chi connectivity index (χ2n) is 8.94. The molecule has 0 radical (unpaired) electrons. The first-order valence-corrected chi connectivity index (χ1v) is 17.0. The van der Waals surface area contributed by atoms with Gasteiger partial charge >= 0.3 is 41.3 Å². The minimum absolute atomic E-state index is 0. The predicted molar refractivity (Wildman–Crippen MR) is 150 cm³/mol. The Labute approximate surface area is 244 Å². The number of nitrogens with one attached hydrogen (secondary N) is 1. The molecule has 1 aromatic carbocycles. The summed E-state index contributed by atoms with van der Waals surface area (Å²) in [5.41, 5.74) is 3.12. The fourth-order valence-corrected chi connectivity index (χ4v) is 4.88. The van der Waals surface area contributed by atoms with Gasteiger partial charge < -0.3 is 32.0 Å². The molecule has 214 valence electrons. The molecule has 2 aliphatic heterocycles. The van der Waals surface area contributed by atoms with Crippen molar-refractivity contribution in [1.29, 1.82) is 0 Å². The van der Waals surface area contributed by atoms with E-state index in [2.05, 4.69) is 25.2 Å². The third-order valence-electron chi connectivity index (χ3n) is 6.64. The number of nitrogens with zero attached hydrogens (tertiary/aromatic N) is 2. The zero-order chi connectivity index (χ0) is 25.3. The molecule has 2 aromatic heterocycles. The number of cyclic esters (lactones) is 1. The number of fused-ring (bicyclic) bond motifs is 5. The van der Waals surface area contributed by atoms with Crippen LogP contribution in [0.5, 0.6) is 0 Å². The quantitative estimate of drug-likeness (QED) is 0.212. The molecule has 13 heteroatoms. The Morgan fingerprint density at radius 3 is 2.50 bits per heavy atom. The van der Waals surface area contributed by atoms with Gasteiger partial charge in [0.2, 0.25) is 0 Å². The van der Waals surface area contributed by atoms with Crippen LogP contribution in [-0.4, -0.2) is 33.2 Å². The summed E-state index contributed by atoms with van der Waals surface area (Å²) in [7, 11) is 9.75. The summed E-state index contributed by atoms with van der Waals surface area (Å²) in [6.07, 6.45) is 0.943. The van der Waals surface area contributed by atoms with Crippen LogP contribution in [0.1, 0.15) is 49.4 Å². The molecule has 5 rings (SSSR count). The molecule has 8 N–H and O–H groups in total. The number of para-hydroxylation sites is 1. The maximum atomic E-state index is 13.4. The van der Waals surface area contributed by atoms with Crippen LogP contribution in [0, 0.1) is 0 Å². The first-order valence-electron chi connectivity index (χ1n) is 11.4. The fourth-order valence-electron chi connectivity index (χ4n) is 4.88. The number of ether oxygens (including phenoxy) is 1. The van der Waals surface area contributed by atoms with Crippen LogP contribution in [-0.2, 0) is 51.2 Å². The first kappa shape index (κ1) is 34.5. The Balaban J connectivity index is 0.00000115. The number of halogens is 3. The van der Waals surface area contributed by atoms with Crippen molar-refractivity contribution >= 4 is 48.1 Å². The number of carbonyl (C=O) groups excluding carboxylic acids is 1. The normalized spacial score (nSPS) is 16.7. The number of hydrogen-bond acceptors (Lipinski definition) is 8. The Morgan fingerprint density at radius 2 is 1.87 bits per heavy atom. The van der Waals surface area contributed by atoms with Crippen molar-refractivity contribution in [3.05, 3.63) is 62.9 Å². The van der Waals surface area contributed by atoms with Crippen molar-refractivity contribution in [2.45, 2.75) is 58.4 Å². The molecule has 0 fully saturated rings. The van der Waals surface area contributed by atoms with Gasteiger partial charge in [0.15, 0.2) is 5.60 Å². The van der Waals surface area contributed by atoms with E-state index in [1.54, 1.807) is 17.6 Å². The maximum absolute atomic E-state index is 13.4. The number of aliphatic hydroxyl groups is 1. The van der Waals surface area contributed by atoms with Crippen LogP contribution in [0.4, 0.5) is 0 Å². The van der Waals surface area contributed by atoms with E-state index in [1.807, 2.05) is 18.2 Å². The number of carbonyl (C=O) groups is 1. The second-order valence-corrected chi connectivity index (χ2v) is 12.2. The van der Waals surface area contributed by atoms with Crippen LogP contribution in [0.2, 0.25) is 0 Å². The molecular weight excluding hydrogens is 736 g/mol. The SMILES string of the molecule is CC[C@@]1(O)C(=O)OCc2c1cc1n(c2=O)Cc2c-1nc1ccccc1c2CCNC(C)C.Cl.N.N.[Cl][Pt][Cl]. The fraction of sp³-hybridized carbons (Fsp3) is 0.400. The zero-order valence-electron chi connectivity index (χ0n) is 21.5. The van der Waals surface area contributed by atoms with Gasteiger partial charge in [-0.1, -0.05) is 39.0 Å². The van der Waals surface area contributed by atoms with Crippen LogP contribution in [0.25, 0.3) is 22.3 Å². The van der Waals surface area contributed by atoms with Crippen molar-refractivity contribution in [3.8, 4) is 11.4 Å². The summed E-state index contributed by atoms with van der Waals surface area (Å²) < 4.78 is 6.86. The Hall–Kier alpha value is -1.55. The molecule has 0 saturated heterocycles. The monoisotopic (exact) mass is 768 g/mol. The van der Waals surface area contributed by atoms with Crippen LogP contribution in [0.3, 0.4) is 0 Å². The molecule has 1 atom stereocenters. The summed E-state index contributed by atoms with van der Waals surface area (Å²) >= 11 is -0.472. The van der Waals surface area contributed by atoms with Gasteiger partial charge in [0.05, 0.1) is 29.0 Å². The molecule has 3 aromatic rings. The van der Waals surface area contributed by atoms with Gasteiger partial charge in [-0.15, -0.1) is 12.4 Å². The molecule has 4 heterocycles. The van der Waals surface area contributed by atoms with Crippen molar-refractivity contribution in [1.82, 2.24) is 27.2 Å². The van der Waals surface area contributed by atoms with Crippen molar-refractivity contribution in [2.24, 2.45) is 0 Å². The molecule has 0 unspecified atom stereocenters. The molecular formula is C25H34Cl3N5O4Pt. The Kier molecular flexibility index (Phi) is 12.9. The summed E-state index contributed by atoms with van der Waals surface area (Å²) in [5.74, 6) is -0.706. The molecule has 0 aliphatic carbocycles. The average Bonchev–Trinajstić information content (AvgIpc) is 3.20. The molecule has 0 saturated carbocycles. The molecule has 2 aliphatic rings. The van der Waals surface area contributed by atoms with Crippen molar-refractivity contribution in [2.75, 3.05) is 6.54 Å². The van der Waals surface area contributed by atoms with E-state index in [0.29, 0.717) is 29.4 Å². The van der Waals surface area contributed by atoms with Crippen LogP contribution >= 0.6 is 31.2 Å². The number of aromatic nitrogens is 2. The van der Waals surface area contributed by atoms with Gasteiger partial charge in [-0.3, -0.25) is 4.79 Å². The number of pyridine rings is 2. The third kappa shape index (κ3) is 6.11. The van der Waals surface area contributed by atoms with E-state index in [1.165, 1.54) is 5.56 Å². The average molecular weight is 770 g/mol. The molecule has 38 heavy (non-hydrogen) atoms. The number of hydrogen-bond donors (Lipinski definition) is 4. The van der Waals surface area contributed by atoms with E-state index in [-0.39, 0.29) is 43.3 Å². The Bertz CT molecular complexity index is 1350. The van der Waals surface area contributed by atoms with E-state index >= 15 is 0 Å². The molecule has 0 spiro atoms. The molecule has 9 nitrogen and oxygen atoms in total. The van der Waals surface area contributed by atoms with Crippen molar-refractivity contribution < 1.29 is 31.1 Å². The topological polar surface area (TPSA) is 163 Å². The number of benzene rings is 1. The van der Waals surface area contributed by atoms with Gasteiger partial charge in [0.25, 0.3) is 5.56 Å². The summed E-state index contributed by atoms with van der Waals surface area (Å²) in [5, 5.41) is 15.6. The van der Waals surface area contributed by atoms with Gasteiger partial charge in [0.1, 0.15) is 6.61 Å². The van der Waals surface area contributed by atoms with Gasteiger partial charge in [-0.25, -0.2) is 9.78 Å². The summed E-state index contributed by atoms with van der Waals surface area (Å²) in [6.45, 7) is 7.07. The van der Waals surface area contributed by atoms with Crippen molar-refractivity contribution in [3.63, 3.8) is 0 Å². The van der Waals surface area contributed by atoms with E-state index in [9.17, 15) is 14.7 Å². The number of rotatable bonds is 5.